The molecule has 0 N–H and O–H groups in total. The lowest BCUT2D eigenvalue weighted by atomic mass is 9.99. The quantitative estimate of drug-likeness (QED) is 0.207. The number of carbonyl (C=O) groups is 3. The molecule has 0 saturated carbocycles. The molecule has 0 spiro atoms. The van der Waals surface area contributed by atoms with Crippen LogP contribution >= 0.6 is 0 Å². The van der Waals surface area contributed by atoms with Crippen LogP contribution in [0.15, 0.2) is 116 Å². The number of nitrogens with zero attached hydrogens (tertiary/aromatic N) is 5. The number of ketones is 3. The van der Waals surface area contributed by atoms with Gasteiger partial charge in [0.2, 0.25) is 11.6 Å². The number of aromatic nitrogens is 4. The van der Waals surface area contributed by atoms with E-state index < -0.39 is 11.6 Å². The molecule has 0 amide bonds. The van der Waals surface area contributed by atoms with E-state index in [2.05, 4.69) is 10.2 Å². The molecule has 192 valence electrons. The number of hydrogen-bond donors (Lipinski definition) is 0. The molecule has 2 heterocycles. The van der Waals surface area contributed by atoms with Gasteiger partial charge in [0.1, 0.15) is 11.4 Å². The Morgan fingerprint density at radius 2 is 1.10 bits per heavy atom. The Morgan fingerprint density at radius 3 is 1.62 bits per heavy atom. The summed E-state index contributed by atoms with van der Waals surface area (Å²) in [6.07, 6.45) is 6.00. The van der Waals surface area contributed by atoms with Crippen LogP contribution in [0.4, 0.5) is 0 Å². The van der Waals surface area contributed by atoms with E-state index in [1.807, 2.05) is 66.7 Å². The number of hydrogen-bond acceptors (Lipinski definition) is 6. The molecule has 8 nitrogen and oxygen atoms in total. The molecule has 8 heteroatoms. The lowest BCUT2D eigenvalue weighted by molar-refractivity contribution is 0.0992. The van der Waals surface area contributed by atoms with Crippen LogP contribution in [-0.2, 0) is 0 Å². The molecule has 0 aliphatic heterocycles. The Kier molecular flexibility index (Phi) is 7.09. The van der Waals surface area contributed by atoms with Crippen LogP contribution < -0.4 is 0 Å². The Balaban J connectivity index is 1.66. The molecule has 0 radical (unpaired) electrons. The predicted molar refractivity (Wildman–Crippen MR) is 148 cm³/mol. The minimum absolute atomic E-state index is 0.0330. The predicted octanol–water partition coefficient (Wildman–Crippen LogP) is 4.78. The summed E-state index contributed by atoms with van der Waals surface area (Å²) >= 11 is 0. The van der Waals surface area contributed by atoms with Crippen molar-refractivity contribution in [2.24, 2.45) is 0 Å². The first kappa shape index (κ1) is 25.3. The number of para-hydroxylation sites is 2. The third-order valence-corrected chi connectivity index (χ3v) is 5.97. The summed E-state index contributed by atoms with van der Waals surface area (Å²) in [7, 11) is 3.58. The Labute approximate surface area is 225 Å². The summed E-state index contributed by atoms with van der Waals surface area (Å²) in [5.41, 5.74) is 1.86. The molecule has 5 aromatic rings. The van der Waals surface area contributed by atoms with E-state index in [0.717, 1.165) is 0 Å². The smallest absolute Gasteiger partial charge is 0.217 e. The maximum Gasteiger partial charge on any atom is 0.217 e. The zero-order valence-electron chi connectivity index (χ0n) is 21.4. The fourth-order valence-corrected chi connectivity index (χ4v) is 4.02. The normalized spacial score (nSPS) is 11.0. The van der Waals surface area contributed by atoms with Crippen molar-refractivity contribution in [1.29, 1.82) is 0 Å². The van der Waals surface area contributed by atoms with Gasteiger partial charge in [0.25, 0.3) is 0 Å². The second kappa shape index (κ2) is 10.9. The Bertz CT molecular complexity index is 1670. The summed E-state index contributed by atoms with van der Waals surface area (Å²) in [6, 6.07) is 27.1. The van der Waals surface area contributed by atoms with Crippen molar-refractivity contribution >= 4 is 17.3 Å². The molecular formula is C31H25N5O3. The second-order valence-electron chi connectivity index (χ2n) is 9.01. The van der Waals surface area contributed by atoms with E-state index in [0.29, 0.717) is 16.9 Å². The van der Waals surface area contributed by atoms with E-state index in [1.54, 1.807) is 55.7 Å². The van der Waals surface area contributed by atoms with E-state index in [1.165, 1.54) is 21.6 Å². The van der Waals surface area contributed by atoms with Crippen molar-refractivity contribution in [2.45, 2.75) is 0 Å². The SMILES string of the molecule is CN(C)/C=C/C(=O)c1nn(-c2ccccc2)cc1C(=O)c1nn(-c2ccccc2)cc1C(=O)c1ccccc1. The van der Waals surface area contributed by atoms with Crippen molar-refractivity contribution in [3.05, 3.63) is 144 Å². The van der Waals surface area contributed by atoms with Crippen LogP contribution in [0.2, 0.25) is 0 Å². The average Bonchev–Trinajstić information content (AvgIpc) is 3.63. The highest BCUT2D eigenvalue weighted by atomic mass is 16.1. The summed E-state index contributed by atoms with van der Waals surface area (Å²) in [5.74, 6) is -1.37. The fraction of sp³-hybridized carbons (Fsp3) is 0.0645. The lowest BCUT2D eigenvalue weighted by Gasteiger charge is -2.03. The zero-order chi connectivity index (χ0) is 27.4. The van der Waals surface area contributed by atoms with Gasteiger partial charge in [0.05, 0.1) is 22.5 Å². The maximum atomic E-state index is 14.1. The van der Waals surface area contributed by atoms with Crippen LogP contribution in [0.1, 0.15) is 42.5 Å². The summed E-state index contributed by atoms with van der Waals surface area (Å²) in [4.78, 5) is 42.5. The first-order valence-corrected chi connectivity index (χ1v) is 12.3. The molecular weight excluding hydrogens is 490 g/mol. The molecule has 0 unspecified atom stereocenters. The Hall–Kier alpha value is -5.37. The van der Waals surface area contributed by atoms with Crippen LogP contribution in [-0.4, -0.2) is 55.9 Å². The number of allylic oxidation sites excluding steroid dienone is 1. The van der Waals surface area contributed by atoms with Crippen molar-refractivity contribution in [3.8, 4) is 11.4 Å². The molecule has 0 aliphatic carbocycles. The van der Waals surface area contributed by atoms with Gasteiger partial charge in [-0.15, -0.1) is 0 Å². The number of rotatable bonds is 9. The van der Waals surface area contributed by atoms with Crippen molar-refractivity contribution in [2.75, 3.05) is 14.1 Å². The molecule has 0 bridgehead atoms. The molecule has 2 aromatic heterocycles. The van der Waals surface area contributed by atoms with Gasteiger partial charge in [0, 0.05) is 44.3 Å². The molecule has 0 saturated heterocycles. The zero-order valence-corrected chi connectivity index (χ0v) is 21.4. The third kappa shape index (κ3) is 5.35. The van der Waals surface area contributed by atoms with Gasteiger partial charge in [-0.05, 0) is 24.3 Å². The monoisotopic (exact) mass is 515 g/mol. The molecule has 0 atom stereocenters. The summed E-state index contributed by atoms with van der Waals surface area (Å²) in [6.45, 7) is 0. The van der Waals surface area contributed by atoms with Crippen LogP contribution in [0, 0.1) is 0 Å². The van der Waals surface area contributed by atoms with Crippen LogP contribution in [0.3, 0.4) is 0 Å². The first-order valence-electron chi connectivity index (χ1n) is 12.3. The van der Waals surface area contributed by atoms with Gasteiger partial charge in [-0.3, -0.25) is 14.4 Å². The topological polar surface area (TPSA) is 90.1 Å². The maximum absolute atomic E-state index is 14.1. The second-order valence-corrected chi connectivity index (χ2v) is 9.01. The average molecular weight is 516 g/mol. The van der Waals surface area contributed by atoms with Crippen molar-refractivity contribution < 1.29 is 14.4 Å². The first-order chi connectivity index (χ1) is 18.9. The van der Waals surface area contributed by atoms with Gasteiger partial charge in [-0.2, -0.15) is 10.2 Å². The van der Waals surface area contributed by atoms with E-state index in [4.69, 9.17) is 0 Å². The standard InChI is InChI=1S/C31H25N5O3/c1-34(2)19-18-27(37)28-25(20-35(32-28)23-14-8-4-9-15-23)31(39)29-26(30(38)22-12-6-3-7-13-22)21-36(33-29)24-16-10-5-11-17-24/h3-21H,1-2H3/b19-18+. The van der Waals surface area contributed by atoms with Gasteiger partial charge in [0.15, 0.2) is 5.78 Å². The van der Waals surface area contributed by atoms with E-state index in [9.17, 15) is 14.4 Å². The van der Waals surface area contributed by atoms with Crippen LogP contribution in [0.5, 0.6) is 0 Å². The van der Waals surface area contributed by atoms with Gasteiger partial charge >= 0.3 is 0 Å². The molecule has 0 fully saturated rings. The van der Waals surface area contributed by atoms with E-state index >= 15 is 0 Å². The highest BCUT2D eigenvalue weighted by Gasteiger charge is 2.29. The molecule has 5 rings (SSSR count). The molecule has 39 heavy (non-hydrogen) atoms. The van der Waals surface area contributed by atoms with E-state index in [-0.39, 0.29) is 28.3 Å². The number of benzene rings is 3. The van der Waals surface area contributed by atoms with Crippen molar-refractivity contribution in [1.82, 2.24) is 24.5 Å². The highest BCUT2D eigenvalue weighted by molar-refractivity contribution is 6.21. The van der Waals surface area contributed by atoms with Crippen LogP contribution in [0.25, 0.3) is 11.4 Å². The van der Waals surface area contributed by atoms with Gasteiger partial charge in [-0.1, -0.05) is 66.7 Å². The van der Waals surface area contributed by atoms with Gasteiger partial charge in [-0.25, -0.2) is 9.36 Å². The third-order valence-electron chi connectivity index (χ3n) is 5.97. The van der Waals surface area contributed by atoms with Gasteiger partial charge < -0.3 is 4.90 Å². The summed E-state index contributed by atoms with van der Waals surface area (Å²) in [5, 5.41) is 8.99. The van der Waals surface area contributed by atoms with Crippen molar-refractivity contribution in [3.63, 3.8) is 0 Å². The summed E-state index contributed by atoms with van der Waals surface area (Å²) < 4.78 is 2.98. The molecule has 0 aliphatic rings. The largest absolute Gasteiger partial charge is 0.383 e. The minimum Gasteiger partial charge on any atom is -0.383 e. The lowest BCUT2D eigenvalue weighted by Crippen LogP contribution is -2.13. The fourth-order valence-electron chi connectivity index (χ4n) is 4.02. The highest BCUT2D eigenvalue weighted by Crippen LogP contribution is 2.23. The minimum atomic E-state index is -0.576. The number of carbonyl (C=O) groups excluding carboxylic acids is 3. The molecule has 3 aromatic carbocycles. The Morgan fingerprint density at radius 1 is 0.641 bits per heavy atom.